The van der Waals surface area contributed by atoms with Gasteiger partial charge in [-0.05, 0) is 25.2 Å². The molecule has 1 saturated heterocycles. The summed E-state index contributed by atoms with van der Waals surface area (Å²) in [5.74, 6) is 2.82. The summed E-state index contributed by atoms with van der Waals surface area (Å²) < 4.78 is 0. The van der Waals surface area contributed by atoms with Gasteiger partial charge in [-0.3, -0.25) is 0 Å². The molecule has 0 amide bonds. The topological polar surface area (TPSA) is 93.1 Å². The van der Waals surface area contributed by atoms with E-state index >= 15 is 0 Å². The standard InChI is InChI=1S/C14H24N6/c15-11-5-6-20(9-11)13-7-12(18-14(16)19-13)17-8-10-3-1-2-4-10/h7,10-11H,1-6,8-9,15H2,(H3,16,17,18,19)/t11-/m1/s1. The minimum atomic E-state index is 0.237. The number of aromatic nitrogens is 2. The Hall–Kier alpha value is -1.56. The summed E-state index contributed by atoms with van der Waals surface area (Å²) >= 11 is 0. The van der Waals surface area contributed by atoms with E-state index in [1.165, 1.54) is 25.7 Å². The van der Waals surface area contributed by atoms with E-state index in [1.807, 2.05) is 6.07 Å². The average molecular weight is 276 g/mol. The molecule has 6 nitrogen and oxygen atoms in total. The van der Waals surface area contributed by atoms with Crippen LogP contribution in [0.15, 0.2) is 6.07 Å². The lowest BCUT2D eigenvalue weighted by Crippen LogP contribution is -2.27. The number of hydrogen-bond donors (Lipinski definition) is 3. The number of nitrogens with two attached hydrogens (primary N) is 2. The lowest BCUT2D eigenvalue weighted by molar-refractivity contribution is 0.579. The highest BCUT2D eigenvalue weighted by molar-refractivity contribution is 5.53. The molecule has 20 heavy (non-hydrogen) atoms. The third-order valence-electron chi connectivity index (χ3n) is 4.33. The van der Waals surface area contributed by atoms with Crippen molar-refractivity contribution < 1.29 is 0 Å². The maximum atomic E-state index is 5.95. The fourth-order valence-electron chi connectivity index (χ4n) is 3.16. The minimum absolute atomic E-state index is 0.237. The van der Waals surface area contributed by atoms with E-state index in [9.17, 15) is 0 Å². The molecule has 1 aromatic rings. The highest BCUT2D eigenvalue weighted by atomic mass is 15.2. The van der Waals surface area contributed by atoms with Crippen molar-refractivity contribution in [1.29, 1.82) is 0 Å². The first-order chi connectivity index (χ1) is 9.70. The zero-order valence-corrected chi connectivity index (χ0v) is 11.9. The maximum Gasteiger partial charge on any atom is 0.223 e. The molecule has 2 aliphatic rings. The Morgan fingerprint density at radius 2 is 2.05 bits per heavy atom. The van der Waals surface area contributed by atoms with Gasteiger partial charge in [-0.1, -0.05) is 12.8 Å². The predicted molar refractivity (Wildman–Crippen MR) is 81.7 cm³/mol. The second-order valence-corrected chi connectivity index (χ2v) is 6.00. The smallest absolute Gasteiger partial charge is 0.223 e. The van der Waals surface area contributed by atoms with E-state index in [1.54, 1.807) is 0 Å². The Labute approximate surface area is 119 Å². The lowest BCUT2D eigenvalue weighted by Gasteiger charge is -2.18. The molecule has 0 aromatic carbocycles. The van der Waals surface area contributed by atoms with Gasteiger partial charge in [-0.15, -0.1) is 0 Å². The van der Waals surface area contributed by atoms with Gasteiger partial charge < -0.3 is 21.7 Å². The Morgan fingerprint density at radius 3 is 2.75 bits per heavy atom. The summed E-state index contributed by atoms with van der Waals surface area (Å²) in [5.41, 5.74) is 11.8. The molecule has 6 heteroatoms. The summed E-state index contributed by atoms with van der Waals surface area (Å²) in [6.07, 6.45) is 6.36. The molecule has 1 aliphatic heterocycles. The van der Waals surface area contributed by atoms with Crippen LogP contribution in [0.4, 0.5) is 17.6 Å². The highest BCUT2D eigenvalue weighted by Crippen LogP contribution is 2.26. The highest BCUT2D eigenvalue weighted by Gasteiger charge is 2.21. The van der Waals surface area contributed by atoms with Gasteiger partial charge in [0.15, 0.2) is 0 Å². The van der Waals surface area contributed by atoms with Crippen LogP contribution in [-0.2, 0) is 0 Å². The van der Waals surface area contributed by atoms with Crippen molar-refractivity contribution in [2.24, 2.45) is 11.7 Å². The van der Waals surface area contributed by atoms with E-state index in [0.29, 0.717) is 5.95 Å². The second-order valence-electron chi connectivity index (χ2n) is 6.00. The van der Waals surface area contributed by atoms with Crippen molar-refractivity contribution in [1.82, 2.24) is 9.97 Å². The van der Waals surface area contributed by atoms with Crippen LogP contribution >= 0.6 is 0 Å². The van der Waals surface area contributed by atoms with Crippen LogP contribution in [0, 0.1) is 5.92 Å². The third kappa shape index (κ3) is 3.12. The molecule has 3 rings (SSSR count). The zero-order valence-electron chi connectivity index (χ0n) is 11.9. The van der Waals surface area contributed by atoms with Crippen LogP contribution in [0.2, 0.25) is 0 Å². The van der Waals surface area contributed by atoms with E-state index in [2.05, 4.69) is 20.2 Å². The SMILES string of the molecule is Nc1nc(NCC2CCCC2)cc(N2CC[C@@H](N)C2)n1. The zero-order chi connectivity index (χ0) is 13.9. The summed E-state index contributed by atoms with van der Waals surface area (Å²) in [6.45, 7) is 2.77. The third-order valence-corrected chi connectivity index (χ3v) is 4.33. The van der Waals surface area contributed by atoms with E-state index in [-0.39, 0.29) is 6.04 Å². The average Bonchev–Trinajstić information content (AvgIpc) is 3.07. The van der Waals surface area contributed by atoms with Crippen LogP contribution in [0.1, 0.15) is 32.1 Å². The van der Waals surface area contributed by atoms with Crippen molar-refractivity contribution in [3.05, 3.63) is 6.07 Å². The molecule has 2 fully saturated rings. The molecule has 110 valence electrons. The van der Waals surface area contributed by atoms with Gasteiger partial charge in [0.25, 0.3) is 0 Å². The number of hydrogen-bond acceptors (Lipinski definition) is 6. The van der Waals surface area contributed by atoms with Crippen LogP contribution in [0.5, 0.6) is 0 Å². The van der Waals surface area contributed by atoms with Crippen LogP contribution in [-0.4, -0.2) is 35.6 Å². The van der Waals surface area contributed by atoms with Crippen LogP contribution in [0.25, 0.3) is 0 Å². The molecule has 0 radical (unpaired) electrons. The summed E-state index contributed by atoms with van der Waals surface area (Å²) in [6, 6.07) is 2.23. The quantitative estimate of drug-likeness (QED) is 0.765. The number of nitrogen functional groups attached to an aromatic ring is 1. The fraction of sp³-hybridized carbons (Fsp3) is 0.714. The summed E-state index contributed by atoms with van der Waals surface area (Å²) in [4.78, 5) is 10.8. The van der Waals surface area contributed by atoms with Crippen molar-refractivity contribution in [2.45, 2.75) is 38.1 Å². The van der Waals surface area contributed by atoms with Crippen molar-refractivity contribution in [2.75, 3.05) is 35.6 Å². The summed E-state index contributed by atoms with van der Waals surface area (Å²) in [7, 11) is 0. The molecule has 0 spiro atoms. The Bertz CT molecular complexity index is 457. The van der Waals surface area contributed by atoms with Gasteiger partial charge in [-0.2, -0.15) is 9.97 Å². The van der Waals surface area contributed by atoms with E-state index in [0.717, 1.165) is 43.6 Å². The lowest BCUT2D eigenvalue weighted by atomic mass is 10.1. The first-order valence-electron chi connectivity index (χ1n) is 7.59. The normalized spacial score (nSPS) is 23.4. The molecule has 1 aliphatic carbocycles. The number of nitrogens with zero attached hydrogens (tertiary/aromatic N) is 3. The molecular formula is C14H24N6. The van der Waals surface area contributed by atoms with E-state index < -0.39 is 0 Å². The number of nitrogens with one attached hydrogen (secondary N) is 1. The maximum absolute atomic E-state index is 5.95. The van der Waals surface area contributed by atoms with Gasteiger partial charge in [0.2, 0.25) is 5.95 Å². The minimum Gasteiger partial charge on any atom is -0.370 e. The van der Waals surface area contributed by atoms with Gasteiger partial charge in [0.05, 0.1) is 0 Å². The number of rotatable bonds is 4. The van der Waals surface area contributed by atoms with Crippen LogP contribution in [0.3, 0.4) is 0 Å². The first kappa shape index (κ1) is 13.4. The van der Waals surface area contributed by atoms with Crippen molar-refractivity contribution in [3.8, 4) is 0 Å². The van der Waals surface area contributed by atoms with Gasteiger partial charge >= 0.3 is 0 Å². The molecule has 0 unspecified atom stereocenters. The fourth-order valence-corrected chi connectivity index (χ4v) is 3.16. The van der Waals surface area contributed by atoms with E-state index in [4.69, 9.17) is 11.5 Å². The predicted octanol–water partition coefficient (Wildman–Crippen LogP) is 1.20. The molecule has 1 saturated carbocycles. The van der Waals surface area contributed by atoms with Crippen molar-refractivity contribution in [3.63, 3.8) is 0 Å². The molecule has 0 bridgehead atoms. The second kappa shape index (κ2) is 5.83. The monoisotopic (exact) mass is 276 g/mol. The summed E-state index contributed by atoms with van der Waals surface area (Å²) in [5, 5.41) is 3.41. The molecule has 1 aromatic heterocycles. The van der Waals surface area contributed by atoms with Gasteiger partial charge in [0.1, 0.15) is 11.6 Å². The van der Waals surface area contributed by atoms with Gasteiger partial charge in [-0.25, -0.2) is 0 Å². The first-order valence-corrected chi connectivity index (χ1v) is 7.59. The Balaban J connectivity index is 1.66. The Kier molecular flexibility index (Phi) is 3.91. The molecule has 5 N–H and O–H groups in total. The van der Waals surface area contributed by atoms with Gasteiger partial charge in [0, 0.05) is 31.7 Å². The molecular weight excluding hydrogens is 252 g/mol. The molecule has 1 atom stereocenters. The Morgan fingerprint density at radius 1 is 1.25 bits per heavy atom. The van der Waals surface area contributed by atoms with Crippen LogP contribution < -0.4 is 21.7 Å². The largest absolute Gasteiger partial charge is 0.370 e. The molecule has 2 heterocycles. The van der Waals surface area contributed by atoms with Crippen molar-refractivity contribution >= 4 is 17.6 Å². The number of anilines is 3.